The Kier molecular flexibility index (Phi) is 7.29. The summed E-state index contributed by atoms with van der Waals surface area (Å²) < 4.78 is 6.78. The molecule has 8 heteroatoms. The summed E-state index contributed by atoms with van der Waals surface area (Å²) in [7, 11) is 0. The van der Waals surface area contributed by atoms with Crippen LogP contribution in [0.15, 0.2) is 60.7 Å². The number of nitrogens with one attached hydrogen (secondary N) is 2. The van der Waals surface area contributed by atoms with E-state index in [1.54, 1.807) is 17.0 Å². The van der Waals surface area contributed by atoms with Gasteiger partial charge in [0, 0.05) is 12.2 Å². The number of aliphatic hydroxyl groups excluding tert-OH is 1. The highest BCUT2D eigenvalue weighted by molar-refractivity contribution is 6.02. The van der Waals surface area contributed by atoms with E-state index in [2.05, 4.69) is 10.6 Å². The van der Waals surface area contributed by atoms with Crippen molar-refractivity contribution in [2.75, 3.05) is 11.9 Å². The predicted molar refractivity (Wildman–Crippen MR) is 147 cm³/mol. The van der Waals surface area contributed by atoms with Crippen molar-refractivity contribution in [3.8, 4) is 0 Å². The molecule has 2 bridgehead atoms. The van der Waals surface area contributed by atoms with Gasteiger partial charge in [-0.3, -0.25) is 14.4 Å². The van der Waals surface area contributed by atoms with Gasteiger partial charge in [-0.25, -0.2) is 0 Å². The number of carbonyl (C=O) groups excluding carboxylic acids is 3. The molecule has 3 aliphatic heterocycles. The van der Waals surface area contributed by atoms with Crippen LogP contribution in [0.25, 0.3) is 0 Å². The monoisotopic (exact) mass is 533 g/mol. The number of ether oxygens (including phenoxy) is 1. The molecule has 2 aromatic rings. The van der Waals surface area contributed by atoms with Crippen LogP contribution in [0.2, 0.25) is 0 Å². The van der Waals surface area contributed by atoms with Crippen LogP contribution in [-0.4, -0.2) is 57.6 Å². The number of likely N-dealkylation sites (tertiary alicyclic amines) is 1. The van der Waals surface area contributed by atoms with Crippen LogP contribution in [0.1, 0.15) is 46.1 Å². The van der Waals surface area contributed by atoms with E-state index >= 15 is 0 Å². The number of nitrogens with zero attached hydrogens (tertiary/aromatic N) is 1. The number of amides is 3. The molecule has 0 aliphatic carbocycles. The molecule has 2 aromatic carbocycles. The van der Waals surface area contributed by atoms with Gasteiger partial charge in [0.25, 0.3) is 0 Å². The van der Waals surface area contributed by atoms with Gasteiger partial charge >= 0.3 is 0 Å². The first kappa shape index (κ1) is 27.3. The van der Waals surface area contributed by atoms with E-state index in [4.69, 9.17) is 4.74 Å². The van der Waals surface area contributed by atoms with Crippen molar-refractivity contribution < 1.29 is 24.2 Å². The average molecular weight is 534 g/mol. The largest absolute Gasteiger partial charge is 0.394 e. The molecule has 3 aliphatic rings. The van der Waals surface area contributed by atoms with Crippen molar-refractivity contribution >= 4 is 23.4 Å². The number of aliphatic hydroxyl groups is 1. The summed E-state index contributed by atoms with van der Waals surface area (Å²) in [6, 6.07) is 17.2. The Morgan fingerprint density at radius 2 is 1.72 bits per heavy atom. The van der Waals surface area contributed by atoms with E-state index in [0.717, 1.165) is 5.56 Å². The van der Waals surface area contributed by atoms with Gasteiger partial charge in [0.15, 0.2) is 0 Å². The second-order valence-corrected chi connectivity index (χ2v) is 12.0. The highest BCUT2D eigenvalue weighted by atomic mass is 16.5. The van der Waals surface area contributed by atoms with Gasteiger partial charge < -0.3 is 25.4 Å². The molecular formula is C31H39N3O5. The van der Waals surface area contributed by atoms with Gasteiger partial charge in [-0.2, -0.15) is 0 Å². The second-order valence-electron chi connectivity index (χ2n) is 12.0. The molecule has 3 N–H and O–H groups in total. The molecule has 3 saturated heterocycles. The van der Waals surface area contributed by atoms with E-state index in [-0.39, 0.29) is 36.2 Å². The number of anilines is 1. The Balaban J connectivity index is 1.53. The fraction of sp³-hybridized carbons (Fsp3) is 0.516. The minimum atomic E-state index is -1.16. The molecule has 39 heavy (non-hydrogen) atoms. The molecule has 0 saturated carbocycles. The zero-order valence-electron chi connectivity index (χ0n) is 23.1. The molecule has 7 atom stereocenters. The quantitative estimate of drug-likeness (QED) is 0.458. The summed E-state index contributed by atoms with van der Waals surface area (Å²) >= 11 is 0. The summed E-state index contributed by atoms with van der Waals surface area (Å²) in [5, 5.41) is 16.4. The summed E-state index contributed by atoms with van der Waals surface area (Å²) in [5.74, 6) is -2.37. The zero-order valence-corrected chi connectivity index (χ0v) is 23.1. The first-order chi connectivity index (χ1) is 18.6. The summed E-state index contributed by atoms with van der Waals surface area (Å²) in [6.07, 6.45) is 1.01. The lowest BCUT2D eigenvalue weighted by Gasteiger charge is -2.37. The number of carbonyl (C=O) groups is 3. The number of benzene rings is 2. The van der Waals surface area contributed by atoms with Crippen molar-refractivity contribution in [3.05, 3.63) is 66.2 Å². The lowest BCUT2D eigenvalue weighted by atomic mass is 9.62. The SMILES string of the molecule is CC(C)C[C@H](CO)N1C(=O)[C@@H]2[C@@H](C(=O)Nc3ccccc3)[C@]3(C)OC2(CC3C)C1C(=O)NCc1ccccc1. The topological polar surface area (TPSA) is 108 Å². The van der Waals surface area contributed by atoms with Crippen molar-refractivity contribution in [2.45, 2.75) is 70.4 Å². The molecule has 3 fully saturated rings. The molecule has 8 nitrogen and oxygen atoms in total. The van der Waals surface area contributed by atoms with Gasteiger partial charge in [-0.15, -0.1) is 0 Å². The lowest BCUT2D eigenvalue weighted by Crippen LogP contribution is -2.58. The van der Waals surface area contributed by atoms with Gasteiger partial charge in [-0.05, 0) is 49.3 Å². The van der Waals surface area contributed by atoms with Crippen LogP contribution in [0.4, 0.5) is 5.69 Å². The lowest BCUT2D eigenvalue weighted by molar-refractivity contribution is -0.150. The van der Waals surface area contributed by atoms with Crippen LogP contribution in [0.3, 0.4) is 0 Å². The Hall–Kier alpha value is -3.23. The third-order valence-electron chi connectivity index (χ3n) is 8.98. The van der Waals surface area contributed by atoms with Crippen molar-refractivity contribution in [3.63, 3.8) is 0 Å². The Labute approximate surface area is 230 Å². The minimum Gasteiger partial charge on any atom is -0.394 e. The predicted octanol–water partition coefficient (Wildman–Crippen LogP) is 3.36. The van der Waals surface area contributed by atoms with Crippen molar-refractivity contribution in [1.82, 2.24) is 10.2 Å². The molecule has 0 aromatic heterocycles. The minimum absolute atomic E-state index is 0.0601. The number of hydrogen-bond acceptors (Lipinski definition) is 5. The number of hydrogen-bond donors (Lipinski definition) is 3. The summed E-state index contributed by atoms with van der Waals surface area (Å²) in [4.78, 5) is 43.7. The van der Waals surface area contributed by atoms with Gasteiger partial charge in [-0.1, -0.05) is 69.3 Å². The fourth-order valence-electron chi connectivity index (χ4n) is 7.21. The maximum absolute atomic E-state index is 14.3. The third kappa shape index (κ3) is 4.53. The number of para-hydroxylation sites is 1. The molecule has 3 heterocycles. The van der Waals surface area contributed by atoms with E-state index in [1.165, 1.54) is 0 Å². The van der Waals surface area contributed by atoms with Gasteiger partial charge in [0.2, 0.25) is 17.7 Å². The van der Waals surface area contributed by atoms with E-state index < -0.39 is 35.1 Å². The van der Waals surface area contributed by atoms with E-state index in [1.807, 2.05) is 76.2 Å². The second kappa shape index (κ2) is 10.4. The molecular weight excluding hydrogens is 494 g/mol. The standard InChI is InChI=1S/C31H39N3O5/c1-19(2)15-23(18-35)34-26(28(37)32-17-21-11-7-5-8-12-21)31-16-20(3)30(4,39-31)24(25(31)29(34)38)27(36)33-22-13-9-6-10-14-22/h5-14,19-20,23-26,35H,15-18H2,1-4H3,(H,32,37)(H,33,36)/t20?,23-,24+,25+,26?,30-,31?/m1/s1. The number of fused-ring (bicyclic) bond motifs is 1. The molecule has 1 spiro atoms. The normalized spacial score (nSPS) is 31.8. The third-order valence-corrected chi connectivity index (χ3v) is 8.98. The maximum atomic E-state index is 14.3. The van der Waals surface area contributed by atoms with E-state index in [9.17, 15) is 19.5 Å². The number of rotatable bonds is 9. The van der Waals surface area contributed by atoms with Crippen molar-refractivity contribution in [2.24, 2.45) is 23.7 Å². The fourth-order valence-corrected chi connectivity index (χ4v) is 7.21. The van der Waals surface area contributed by atoms with Gasteiger partial charge in [0.05, 0.1) is 30.1 Å². The summed E-state index contributed by atoms with van der Waals surface area (Å²) in [6.45, 7) is 7.99. The Morgan fingerprint density at radius 3 is 2.33 bits per heavy atom. The molecule has 0 radical (unpaired) electrons. The first-order valence-electron chi connectivity index (χ1n) is 13.9. The van der Waals surface area contributed by atoms with Crippen LogP contribution in [0, 0.1) is 23.7 Å². The van der Waals surface area contributed by atoms with E-state index in [0.29, 0.717) is 25.1 Å². The van der Waals surface area contributed by atoms with Gasteiger partial charge in [0.1, 0.15) is 11.6 Å². The average Bonchev–Trinajstić information content (AvgIpc) is 3.43. The molecule has 3 unspecified atom stereocenters. The van der Waals surface area contributed by atoms with Crippen LogP contribution in [-0.2, 0) is 25.7 Å². The van der Waals surface area contributed by atoms with Crippen LogP contribution in [0.5, 0.6) is 0 Å². The summed E-state index contributed by atoms with van der Waals surface area (Å²) in [5.41, 5.74) is -0.484. The maximum Gasteiger partial charge on any atom is 0.246 e. The highest BCUT2D eigenvalue weighted by Crippen LogP contribution is 2.65. The van der Waals surface area contributed by atoms with Crippen molar-refractivity contribution in [1.29, 1.82) is 0 Å². The Bertz CT molecular complexity index is 1220. The zero-order chi connectivity index (χ0) is 27.9. The molecule has 3 amide bonds. The molecule has 208 valence electrons. The smallest absolute Gasteiger partial charge is 0.246 e. The van der Waals surface area contributed by atoms with Crippen LogP contribution < -0.4 is 10.6 Å². The highest BCUT2D eigenvalue weighted by Gasteiger charge is 2.80. The first-order valence-corrected chi connectivity index (χ1v) is 13.9. The van der Waals surface area contributed by atoms with Crippen LogP contribution >= 0.6 is 0 Å². The Morgan fingerprint density at radius 1 is 1.08 bits per heavy atom. The molecule has 5 rings (SSSR count).